The van der Waals surface area contributed by atoms with E-state index in [9.17, 15) is 9.90 Å². The number of phenolic OH excluding ortho intramolecular Hbond substituents is 1. The summed E-state index contributed by atoms with van der Waals surface area (Å²) >= 11 is 3.29. The molecule has 1 aromatic rings. The van der Waals surface area contributed by atoms with Gasteiger partial charge < -0.3 is 15.9 Å². The van der Waals surface area contributed by atoms with Crippen LogP contribution < -0.4 is 5.73 Å². The summed E-state index contributed by atoms with van der Waals surface area (Å²) in [5.41, 5.74) is 7.17. The number of nitrogens with two attached hydrogens (primary N) is 1. The van der Waals surface area contributed by atoms with Crippen LogP contribution in [0.4, 0.5) is 0 Å². The first kappa shape index (κ1) is 12.0. The molecule has 0 fully saturated rings. The molecule has 0 aliphatic rings. The summed E-state index contributed by atoms with van der Waals surface area (Å²) in [6, 6.07) is 0.330. The van der Waals surface area contributed by atoms with E-state index >= 15 is 0 Å². The van der Waals surface area contributed by atoms with E-state index in [1.807, 2.05) is 6.92 Å². The second-order valence-corrected chi connectivity index (χ2v) is 4.22. The molecule has 82 valence electrons. The van der Waals surface area contributed by atoms with E-state index in [4.69, 9.17) is 10.8 Å². The zero-order valence-electron chi connectivity index (χ0n) is 8.41. The highest BCUT2D eigenvalue weighted by molar-refractivity contribution is 9.10. The van der Waals surface area contributed by atoms with Crippen LogP contribution in [-0.4, -0.2) is 16.2 Å². The SMILES string of the molecule is Cc1c(Br)cc(C(N)C(=O)O)c(O)c1C. The van der Waals surface area contributed by atoms with Crippen molar-refractivity contribution in [2.24, 2.45) is 5.73 Å². The van der Waals surface area contributed by atoms with Crippen LogP contribution in [0, 0.1) is 13.8 Å². The second kappa shape index (κ2) is 4.20. The maximum atomic E-state index is 10.7. The van der Waals surface area contributed by atoms with E-state index in [-0.39, 0.29) is 11.3 Å². The number of carboxylic acid groups (broad SMARTS) is 1. The van der Waals surface area contributed by atoms with Gasteiger partial charge in [-0.15, -0.1) is 0 Å². The Morgan fingerprint density at radius 1 is 1.47 bits per heavy atom. The van der Waals surface area contributed by atoms with Crippen LogP contribution in [0.3, 0.4) is 0 Å². The van der Waals surface area contributed by atoms with Crippen LogP contribution in [0.2, 0.25) is 0 Å². The number of phenols is 1. The van der Waals surface area contributed by atoms with Gasteiger partial charge in [-0.2, -0.15) is 0 Å². The molecular formula is C10H12BrNO3. The van der Waals surface area contributed by atoms with Crippen molar-refractivity contribution in [2.75, 3.05) is 0 Å². The van der Waals surface area contributed by atoms with Crippen molar-refractivity contribution in [1.29, 1.82) is 0 Å². The van der Waals surface area contributed by atoms with Crippen molar-refractivity contribution >= 4 is 21.9 Å². The molecule has 1 rings (SSSR count). The summed E-state index contributed by atoms with van der Waals surface area (Å²) in [5.74, 6) is -1.22. The lowest BCUT2D eigenvalue weighted by Crippen LogP contribution is -2.21. The minimum absolute atomic E-state index is 0.0504. The van der Waals surface area contributed by atoms with Crippen LogP contribution in [0.15, 0.2) is 10.5 Å². The molecule has 0 saturated heterocycles. The number of aromatic hydroxyl groups is 1. The predicted octanol–water partition coefficient (Wildman–Crippen LogP) is 1.86. The molecule has 4 nitrogen and oxygen atoms in total. The number of carbonyl (C=O) groups is 1. The summed E-state index contributed by atoms with van der Waals surface area (Å²) in [7, 11) is 0. The molecular weight excluding hydrogens is 262 g/mol. The van der Waals surface area contributed by atoms with Gasteiger partial charge in [-0.25, -0.2) is 0 Å². The van der Waals surface area contributed by atoms with Crippen molar-refractivity contribution in [3.05, 3.63) is 27.2 Å². The highest BCUT2D eigenvalue weighted by Gasteiger charge is 2.21. The smallest absolute Gasteiger partial charge is 0.325 e. The number of hydrogen-bond donors (Lipinski definition) is 3. The topological polar surface area (TPSA) is 83.6 Å². The third-order valence-corrected chi connectivity index (χ3v) is 3.26. The van der Waals surface area contributed by atoms with E-state index in [0.29, 0.717) is 5.56 Å². The second-order valence-electron chi connectivity index (χ2n) is 3.36. The summed E-state index contributed by atoms with van der Waals surface area (Å²) in [5, 5.41) is 18.5. The van der Waals surface area contributed by atoms with Crippen LogP contribution in [0.1, 0.15) is 22.7 Å². The molecule has 0 aliphatic carbocycles. The lowest BCUT2D eigenvalue weighted by atomic mass is 10.00. The minimum atomic E-state index is -1.21. The molecule has 0 heterocycles. The number of halogens is 1. The Kier molecular flexibility index (Phi) is 3.36. The number of benzene rings is 1. The average Bonchev–Trinajstić information content (AvgIpc) is 2.19. The molecule has 0 spiro atoms. The zero-order chi connectivity index (χ0) is 11.7. The van der Waals surface area contributed by atoms with Crippen LogP contribution in [-0.2, 0) is 4.79 Å². The van der Waals surface area contributed by atoms with Gasteiger partial charge in [0.1, 0.15) is 11.8 Å². The van der Waals surface area contributed by atoms with Crippen LogP contribution in [0.25, 0.3) is 0 Å². The van der Waals surface area contributed by atoms with Crippen LogP contribution in [0.5, 0.6) is 5.75 Å². The Labute approximate surface area is 95.8 Å². The van der Waals surface area contributed by atoms with E-state index in [2.05, 4.69) is 15.9 Å². The first-order valence-electron chi connectivity index (χ1n) is 4.33. The molecule has 5 heteroatoms. The van der Waals surface area contributed by atoms with Crippen LogP contribution >= 0.6 is 15.9 Å². The normalized spacial score (nSPS) is 12.5. The van der Waals surface area contributed by atoms with E-state index in [0.717, 1.165) is 10.0 Å². The maximum absolute atomic E-state index is 10.7. The van der Waals surface area contributed by atoms with Crippen molar-refractivity contribution in [3.63, 3.8) is 0 Å². The van der Waals surface area contributed by atoms with E-state index < -0.39 is 12.0 Å². The fourth-order valence-corrected chi connectivity index (χ4v) is 1.80. The number of aliphatic carboxylic acids is 1. The van der Waals surface area contributed by atoms with Gasteiger partial charge in [0.05, 0.1) is 0 Å². The average molecular weight is 274 g/mol. The fourth-order valence-electron chi connectivity index (χ4n) is 1.26. The third kappa shape index (κ3) is 2.13. The Bertz CT molecular complexity index is 418. The Morgan fingerprint density at radius 3 is 2.47 bits per heavy atom. The molecule has 0 aromatic heterocycles. The third-order valence-electron chi connectivity index (χ3n) is 2.43. The molecule has 0 radical (unpaired) electrons. The monoisotopic (exact) mass is 273 g/mol. The molecule has 1 atom stereocenters. The Balaban J connectivity index is 3.38. The quantitative estimate of drug-likeness (QED) is 0.768. The lowest BCUT2D eigenvalue weighted by Gasteiger charge is -2.14. The lowest BCUT2D eigenvalue weighted by molar-refractivity contribution is -0.138. The van der Waals surface area contributed by atoms with Crippen molar-refractivity contribution in [2.45, 2.75) is 19.9 Å². The first-order chi connectivity index (χ1) is 6.86. The Hall–Kier alpha value is -1.07. The van der Waals surface area contributed by atoms with E-state index in [1.54, 1.807) is 6.92 Å². The van der Waals surface area contributed by atoms with Gasteiger partial charge in [0.25, 0.3) is 0 Å². The molecule has 15 heavy (non-hydrogen) atoms. The van der Waals surface area contributed by atoms with Crippen molar-refractivity contribution < 1.29 is 15.0 Å². The predicted molar refractivity (Wildman–Crippen MR) is 59.8 cm³/mol. The molecule has 0 saturated carbocycles. The maximum Gasteiger partial charge on any atom is 0.325 e. The molecule has 1 aromatic carbocycles. The van der Waals surface area contributed by atoms with Gasteiger partial charge in [-0.3, -0.25) is 4.79 Å². The van der Waals surface area contributed by atoms with Gasteiger partial charge in [0.15, 0.2) is 0 Å². The molecule has 0 amide bonds. The van der Waals surface area contributed by atoms with Gasteiger partial charge in [-0.1, -0.05) is 15.9 Å². The van der Waals surface area contributed by atoms with Gasteiger partial charge in [0.2, 0.25) is 0 Å². The van der Waals surface area contributed by atoms with Gasteiger partial charge in [0, 0.05) is 10.0 Å². The van der Waals surface area contributed by atoms with E-state index in [1.165, 1.54) is 6.07 Å². The molecule has 0 bridgehead atoms. The Morgan fingerprint density at radius 2 is 2.00 bits per heavy atom. The number of hydrogen-bond acceptors (Lipinski definition) is 3. The largest absolute Gasteiger partial charge is 0.507 e. The first-order valence-corrected chi connectivity index (χ1v) is 5.12. The molecule has 1 unspecified atom stereocenters. The summed E-state index contributed by atoms with van der Waals surface area (Å²) < 4.78 is 0.740. The molecule has 0 aliphatic heterocycles. The molecule has 4 N–H and O–H groups in total. The minimum Gasteiger partial charge on any atom is -0.507 e. The summed E-state index contributed by atoms with van der Waals surface area (Å²) in [4.78, 5) is 10.7. The standard InChI is InChI=1S/C10H12BrNO3/c1-4-5(2)9(13)6(3-7(4)11)8(12)10(14)15/h3,8,13H,12H2,1-2H3,(H,14,15). The highest BCUT2D eigenvalue weighted by Crippen LogP contribution is 2.33. The highest BCUT2D eigenvalue weighted by atomic mass is 79.9. The zero-order valence-corrected chi connectivity index (χ0v) is 10.00. The van der Waals surface area contributed by atoms with Gasteiger partial charge >= 0.3 is 5.97 Å². The summed E-state index contributed by atoms with van der Waals surface area (Å²) in [6.07, 6.45) is 0. The summed E-state index contributed by atoms with van der Waals surface area (Å²) in [6.45, 7) is 3.54. The van der Waals surface area contributed by atoms with Crippen molar-refractivity contribution in [3.8, 4) is 5.75 Å². The van der Waals surface area contributed by atoms with Crippen molar-refractivity contribution in [1.82, 2.24) is 0 Å². The van der Waals surface area contributed by atoms with Gasteiger partial charge in [-0.05, 0) is 31.0 Å². The number of carboxylic acids is 1. The number of rotatable bonds is 2. The fraction of sp³-hybridized carbons (Fsp3) is 0.300.